The lowest BCUT2D eigenvalue weighted by Crippen LogP contribution is -1.94. The average molecular weight is 597 g/mol. The third-order valence-corrected chi connectivity index (χ3v) is 9.19. The van der Waals surface area contributed by atoms with Crippen molar-refractivity contribution in [1.82, 2.24) is 0 Å². The summed E-state index contributed by atoms with van der Waals surface area (Å²) in [7, 11) is 5.12. The van der Waals surface area contributed by atoms with Crippen molar-refractivity contribution in [3.8, 4) is 61.8 Å². The molecule has 0 amide bonds. The number of ether oxygens (including phenoxy) is 3. The molecule has 46 heavy (non-hydrogen) atoms. The first-order valence-electron chi connectivity index (χ1n) is 15.4. The second-order valence-electron chi connectivity index (χ2n) is 11.6. The summed E-state index contributed by atoms with van der Waals surface area (Å²) in [6, 6.07) is 49.8. The number of benzene rings is 8. The van der Waals surface area contributed by atoms with E-state index in [1.807, 2.05) is 36.4 Å². The first-order valence-corrected chi connectivity index (χ1v) is 15.4. The number of hydrogen-bond acceptors (Lipinski definition) is 3. The Labute approximate surface area is 268 Å². The zero-order chi connectivity index (χ0) is 31.2. The summed E-state index contributed by atoms with van der Waals surface area (Å²) in [6.07, 6.45) is 0. The molecule has 8 aromatic carbocycles. The first-order chi connectivity index (χ1) is 22.7. The van der Waals surface area contributed by atoms with Crippen molar-refractivity contribution in [3.05, 3.63) is 140 Å². The fourth-order valence-corrected chi connectivity index (χ4v) is 6.88. The second kappa shape index (κ2) is 11.3. The largest absolute Gasteiger partial charge is 0.497 e. The minimum absolute atomic E-state index is 0.841. The van der Waals surface area contributed by atoms with Crippen molar-refractivity contribution in [3.63, 3.8) is 0 Å². The van der Waals surface area contributed by atoms with Crippen LogP contribution in [0.3, 0.4) is 0 Å². The van der Waals surface area contributed by atoms with Crippen molar-refractivity contribution in [2.24, 2.45) is 0 Å². The molecule has 222 valence electrons. The van der Waals surface area contributed by atoms with Gasteiger partial charge in [0.15, 0.2) is 0 Å². The van der Waals surface area contributed by atoms with Gasteiger partial charge >= 0.3 is 0 Å². The van der Waals surface area contributed by atoms with Crippen molar-refractivity contribution in [2.45, 2.75) is 0 Å². The van der Waals surface area contributed by atoms with Crippen LogP contribution >= 0.6 is 0 Å². The summed E-state index contributed by atoms with van der Waals surface area (Å²) in [5, 5.41) is 7.45. The highest BCUT2D eigenvalue weighted by molar-refractivity contribution is 6.31. The van der Waals surface area contributed by atoms with Crippen LogP contribution in [0, 0.1) is 0 Å². The van der Waals surface area contributed by atoms with Gasteiger partial charge in [-0.3, -0.25) is 0 Å². The van der Waals surface area contributed by atoms with Crippen LogP contribution in [-0.4, -0.2) is 21.3 Å². The molecule has 8 aromatic rings. The van der Waals surface area contributed by atoms with Crippen LogP contribution in [-0.2, 0) is 0 Å². The van der Waals surface area contributed by atoms with Gasteiger partial charge in [-0.05, 0) is 125 Å². The lowest BCUT2D eigenvalue weighted by atomic mass is 9.82. The molecule has 0 N–H and O–H groups in total. The van der Waals surface area contributed by atoms with Crippen LogP contribution in [0.1, 0.15) is 0 Å². The van der Waals surface area contributed by atoms with E-state index in [9.17, 15) is 0 Å². The zero-order valence-electron chi connectivity index (χ0n) is 26.0. The Morgan fingerprint density at radius 1 is 0.304 bits per heavy atom. The Kier molecular flexibility index (Phi) is 6.80. The molecular formula is C43H32O3. The van der Waals surface area contributed by atoms with E-state index in [1.54, 1.807) is 21.3 Å². The van der Waals surface area contributed by atoms with E-state index in [2.05, 4.69) is 103 Å². The van der Waals surface area contributed by atoms with Crippen molar-refractivity contribution in [2.75, 3.05) is 21.3 Å². The van der Waals surface area contributed by atoms with Gasteiger partial charge in [-0.1, -0.05) is 91.0 Å². The van der Waals surface area contributed by atoms with Gasteiger partial charge in [0.05, 0.1) is 21.3 Å². The van der Waals surface area contributed by atoms with Crippen molar-refractivity contribution in [1.29, 1.82) is 0 Å². The maximum absolute atomic E-state index is 5.51. The van der Waals surface area contributed by atoms with Crippen LogP contribution < -0.4 is 14.2 Å². The highest BCUT2D eigenvalue weighted by Gasteiger charge is 2.21. The predicted molar refractivity (Wildman–Crippen MR) is 192 cm³/mol. The zero-order valence-corrected chi connectivity index (χ0v) is 26.0. The van der Waals surface area contributed by atoms with Gasteiger partial charge in [0.25, 0.3) is 0 Å². The van der Waals surface area contributed by atoms with Crippen LogP contribution in [0.5, 0.6) is 17.2 Å². The molecule has 0 bridgehead atoms. The fraction of sp³-hybridized carbons (Fsp3) is 0.0698. The Balaban J connectivity index is 1.52. The Morgan fingerprint density at radius 2 is 0.587 bits per heavy atom. The second-order valence-corrected chi connectivity index (χ2v) is 11.6. The molecule has 0 spiro atoms. The molecule has 3 nitrogen and oxygen atoms in total. The quantitative estimate of drug-likeness (QED) is 0.171. The van der Waals surface area contributed by atoms with Crippen LogP contribution in [0.2, 0.25) is 0 Å². The summed E-state index contributed by atoms with van der Waals surface area (Å²) in [5.74, 6) is 2.53. The highest BCUT2D eigenvalue weighted by atomic mass is 16.5. The van der Waals surface area contributed by atoms with Gasteiger partial charge in [-0.15, -0.1) is 0 Å². The van der Waals surface area contributed by atoms with Crippen molar-refractivity contribution < 1.29 is 14.2 Å². The molecule has 0 saturated heterocycles. The Bertz CT molecular complexity index is 2250. The molecule has 0 saturated carbocycles. The van der Waals surface area contributed by atoms with E-state index in [0.717, 1.165) is 33.9 Å². The molecule has 0 atom stereocenters. The van der Waals surface area contributed by atoms with Crippen LogP contribution in [0.25, 0.3) is 76.8 Å². The predicted octanol–water partition coefficient (Wildman–Crippen LogP) is 11.3. The lowest BCUT2D eigenvalue weighted by molar-refractivity contribution is 0.415. The molecule has 0 aromatic heterocycles. The van der Waals surface area contributed by atoms with E-state index < -0.39 is 0 Å². The van der Waals surface area contributed by atoms with Gasteiger partial charge in [-0.25, -0.2) is 0 Å². The molecule has 0 heterocycles. The van der Waals surface area contributed by atoms with E-state index in [-0.39, 0.29) is 0 Å². The van der Waals surface area contributed by atoms with Gasteiger partial charge in [0, 0.05) is 0 Å². The summed E-state index contributed by atoms with van der Waals surface area (Å²) in [5.41, 5.74) is 9.43. The molecule has 0 aliphatic rings. The molecule has 0 unspecified atom stereocenters. The average Bonchev–Trinajstić information content (AvgIpc) is 3.14. The minimum atomic E-state index is 0.841. The van der Waals surface area contributed by atoms with Crippen LogP contribution in [0.15, 0.2) is 140 Å². The number of hydrogen-bond donors (Lipinski definition) is 0. The third-order valence-electron chi connectivity index (χ3n) is 9.19. The van der Waals surface area contributed by atoms with Crippen molar-refractivity contribution >= 4 is 32.3 Å². The topological polar surface area (TPSA) is 27.7 Å². The van der Waals surface area contributed by atoms with E-state index in [1.165, 1.54) is 60.1 Å². The summed E-state index contributed by atoms with van der Waals surface area (Å²) < 4.78 is 16.5. The number of rotatable bonds is 7. The lowest BCUT2D eigenvalue weighted by Gasteiger charge is -2.21. The molecule has 0 radical (unpaired) electrons. The van der Waals surface area contributed by atoms with Gasteiger partial charge < -0.3 is 14.2 Å². The summed E-state index contributed by atoms with van der Waals surface area (Å²) >= 11 is 0. The van der Waals surface area contributed by atoms with E-state index >= 15 is 0 Å². The molecule has 0 aliphatic carbocycles. The van der Waals surface area contributed by atoms with Gasteiger partial charge in [0.1, 0.15) is 17.2 Å². The normalized spacial score (nSPS) is 11.4. The fourth-order valence-electron chi connectivity index (χ4n) is 6.88. The maximum Gasteiger partial charge on any atom is 0.118 e. The first kappa shape index (κ1) is 27.7. The molecular weight excluding hydrogens is 564 g/mol. The van der Waals surface area contributed by atoms with Crippen LogP contribution in [0.4, 0.5) is 0 Å². The minimum Gasteiger partial charge on any atom is -0.497 e. The number of methoxy groups -OCH3 is 3. The molecule has 3 heteroatoms. The highest BCUT2D eigenvalue weighted by Crippen LogP contribution is 2.48. The van der Waals surface area contributed by atoms with Gasteiger partial charge in [0.2, 0.25) is 0 Å². The van der Waals surface area contributed by atoms with E-state index in [0.29, 0.717) is 0 Å². The molecule has 0 fully saturated rings. The third kappa shape index (κ3) is 4.52. The molecule has 8 rings (SSSR count). The Hall–Kier alpha value is -5.80. The SMILES string of the molecule is COc1ccc(-c2cc(-c3ccccc3)c3ccc4c(-c5ccc(OC)cc5)cc(-c5ccc(OC)cc5)c5ccc2c3c45)cc1. The smallest absolute Gasteiger partial charge is 0.118 e. The Morgan fingerprint density at radius 3 is 0.870 bits per heavy atom. The standard InChI is InChI=1S/C43H32O3/c1-44-31-15-9-28(10-16-31)39-25-38(27-7-5-4-6-8-27)34-21-22-36-40(29-11-17-32(45-2)18-12-29)26-41(30-13-19-33(46-3)20-14-30)37-24-23-35(39)42(34)43(36)37/h4-26H,1-3H3. The maximum atomic E-state index is 5.51. The summed E-state index contributed by atoms with van der Waals surface area (Å²) in [4.78, 5) is 0. The molecule has 0 aliphatic heterocycles. The van der Waals surface area contributed by atoms with Gasteiger partial charge in [-0.2, -0.15) is 0 Å². The summed E-state index contributed by atoms with van der Waals surface area (Å²) in [6.45, 7) is 0. The van der Waals surface area contributed by atoms with E-state index in [4.69, 9.17) is 14.2 Å². The monoisotopic (exact) mass is 596 g/mol.